The van der Waals surface area contributed by atoms with Crippen molar-refractivity contribution in [1.82, 2.24) is 10.6 Å². The molecular weight excluding hydrogens is 312 g/mol. The van der Waals surface area contributed by atoms with Crippen LogP contribution < -0.4 is 10.6 Å². The van der Waals surface area contributed by atoms with Crippen LogP contribution in [0.3, 0.4) is 0 Å². The highest BCUT2D eigenvalue weighted by Gasteiger charge is 2.35. The van der Waals surface area contributed by atoms with Crippen molar-refractivity contribution in [1.29, 1.82) is 0 Å². The van der Waals surface area contributed by atoms with Crippen LogP contribution in [0.4, 0.5) is 0 Å². The Morgan fingerprint density at radius 2 is 1.83 bits per heavy atom. The number of carbonyl (C=O) groups is 1. The number of hydrogen-bond donors (Lipinski definition) is 2. The molecule has 0 aromatic heterocycles. The second-order valence-corrected chi connectivity index (χ2v) is 6.50. The van der Waals surface area contributed by atoms with Crippen LogP contribution >= 0.6 is 12.4 Å². The first kappa shape index (κ1) is 18.2. The summed E-state index contributed by atoms with van der Waals surface area (Å²) in [5.41, 5.74) is 1.35. The molecule has 1 amide bonds. The van der Waals surface area contributed by atoms with E-state index in [9.17, 15) is 4.79 Å². The largest absolute Gasteiger partial charge is 0.381 e. The molecule has 2 aliphatic heterocycles. The number of amides is 1. The first-order valence-corrected chi connectivity index (χ1v) is 8.42. The number of hydrogen-bond acceptors (Lipinski definition) is 3. The van der Waals surface area contributed by atoms with Crippen LogP contribution in [0.5, 0.6) is 0 Å². The van der Waals surface area contributed by atoms with E-state index < -0.39 is 0 Å². The predicted molar refractivity (Wildman–Crippen MR) is 94.0 cm³/mol. The number of carbonyl (C=O) groups excluding carboxylic acids is 1. The van der Waals surface area contributed by atoms with Gasteiger partial charge in [0, 0.05) is 31.1 Å². The molecule has 2 saturated heterocycles. The molecule has 2 N–H and O–H groups in total. The van der Waals surface area contributed by atoms with E-state index in [4.69, 9.17) is 4.74 Å². The highest BCUT2D eigenvalue weighted by atomic mass is 35.5. The number of benzene rings is 1. The third-order valence-electron chi connectivity index (χ3n) is 5.15. The zero-order chi connectivity index (χ0) is 15.3. The minimum Gasteiger partial charge on any atom is -0.381 e. The van der Waals surface area contributed by atoms with Crippen molar-refractivity contribution in [3.05, 3.63) is 35.9 Å². The molecule has 0 aliphatic carbocycles. The molecule has 128 valence electrons. The molecule has 5 heteroatoms. The van der Waals surface area contributed by atoms with Gasteiger partial charge in [0.1, 0.15) is 0 Å². The Labute approximate surface area is 144 Å². The first-order valence-electron chi connectivity index (χ1n) is 8.42. The lowest BCUT2D eigenvalue weighted by Crippen LogP contribution is -2.47. The number of ether oxygens (including phenoxy) is 1. The Hall–Kier alpha value is -1.10. The quantitative estimate of drug-likeness (QED) is 0.885. The molecule has 0 unspecified atom stereocenters. The predicted octanol–water partition coefficient (Wildman–Crippen LogP) is 2.27. The van der Waals surface area contributed by atoms with Gasteiger partial charge in [-0.2, -0.15) is 0 Å². The third kappa shape index (κ3) is 4.46. The zero-order valence-electron chi connectivity index (χ0n) is 13.6. The van der Waals surface area contributed by atoms with E-state index >= 15 is 0 Å². The number of halogens is 1. The summed E-state index contributed by atoms with van der Waals surface area (Å²) in [7, 11) is 0. The topological polar surface area (TPSA) is 50.4 Å². The molecule has 0 spiro atoms. The lowest BCUT2D eigenvalue weighted by Gasteiger charge is -2.38. The second-order valence-electron chi connectivity index (χ2n) is 6.50. The third-order valence-corrected chi connectivity index (χ3v) is 5.15. The molecule has 2 aliphatic rings. The van der Waals surface area contributed by atoms with E-state index in [2.05, 4.69) is 34.9 Å². The van der Waals surface area contributed by atoms with Gasteiger partial charge < -0.3 is 15.4 Å². The molecular formula is C18H27ClN2O2. The van der Waals surface area contributed by atoms with Gasteiger partial charge in [0.25, 0.3) is 0 Å². The van der Waals surface area contributed by atoms with E-state index in [0.717, 1.165) is 58.5 Å². The summed E-state index contributed by atoms with van der Waals surface area (Å²) in [4.78, 5) is 12.4. The lowest BCUT2D eigenvalue weighted by molar-refractivity contribution is -0.126. The van der Waals surface area contributed by atoms with Gasteiger partial charge in [-0.3, -0.25) is 4.79 Å². The summed E-state index contributed by atoms with van der Waals surface area (Å²) in [6.45, 7) is 4.19. The Morgan fingerprint density at radius 3 is 2.48 bits per heavy atom. The van der Waals surface area contributed by atoms with Gasteiger partial charge >= 0.3 is 0 Å². The van der Waals surface area contributed by atoms with E-state index in [1.54, 1.807) is 0 Å². The number of piperidine rings is 1. The van der Waals surface area contributed by atoms with E-state index in [1.165, 1.54) is 5.56 Å². The van der Waals surface area contributed by atoms with E-state index in [0.29, 0.717) is 0 Å². The van der Waals surface area contributed by atoms with Crippen LogP contribution in [-0.4, -0.2) is 38.8 Å². The van der Waals surface area contributed by atoms with E-state index in [1.807, 2.05) is 6.07 Å². The Bertz CT molecular complexity index is 483. The highest BCUT2D eigenvalue weighted by Crippen LogP contribution is 2.34. The smallest absolute Gasteiger partial charge is 0.223 e. The van der Waals surface area contributed by atoms with Crippen LogP contribution in [0, 0.1) is 5.92 Å². The summed E-state index contributed by atoms with van der Waals surface area (Å²) in [6.07, 6.45) is 3.85. The standard InChI is InChI=1S/C18H26N2O2.ClH/c21-17(15-6-10-19-11-7-15)20-14-18(8-12-22-13-9-18)16-4-2-1-3-5-16;/h1-5,15,19H,6-14H2,(H,20,21);1H. The first-order chi connectivity index (χ1) is 10.8. The maximum Gasteiger partial charge on any atom is 0.223 e. The molecule has 0 radical (unpaired) electrons. The van der Waals surface area contributed by atoms with Gasteiger partial charge in [-0.15, -0.1) is 12.4 Å². The summed E-state index contributed by atoms with van der Waals surface area (Å²) < 4.78 is 5.55. The molecule has 0 bridgehead atoms. The van der Waals surface area contributed by atoms with Crippen molar-refractivity contribution in [3.63, 3.8) is 0 Å². The van der Waals surface area contributed by atoms with Crippen molar-refractivity contribution in [2.24, 2.45) is 5.92 Å². The van der Waals surface area contributed by atoms with Gasteiger partial charge in [-0.1, -0.05) is 30.3 Å². The van der Waals surface area contributed by atoms with Gasteiger partial charge in [-0.05, 0) is 44.3 Å². The minimum absolute atomic E-state index is 0. The molecule has 1 aromatic carbocycles. The van der Waals surface area contributed by atoms with Crippen LogP contribution in [0.2, 0.25) is 0 Å². The fourth-order valence-corrected chi connectivity index (χ4v) is 3.61. The summed E-state index contributed by atoms with van der Waals surface area (Å²) in [5.74, 6) is 0.400. The monoisotopic (exact) mass is 338 g/mol. The molecule has 2 fully saturated rings. The minimum atomic E-state index is 0. The van der Waals surface area contributed by atoms with Gasteiger partial charge in [-0.25, -0.2) is 0 Å². The average Bonchev–Trinajstić information content (AvgIpc) is 2.62. The van der Waals surface area contributed by atoms with Gasteiger partial charge in [0.15, 0.2) is 0 Å². The molecule has 4 nitrogen and oxygen atoms in total. The Morgan fingerprint density at radius 1 is 1.17 bits per heavy atom. The number of rotatable bonds is 4. The fourth-order valence-electron chi connectivity index (χ4n) is 3.61. The summed E-state index contributed by atoms with van der Waals surface area (Å²) in [6, 6.07) is 10.6. The normalized spacial score (nSPS) is 21.2. The average molecular weight is 339 g/mol. The maximum atomic E-state index is 12.4. The SMILES string of the molecule is Cl.O=C(NCC1(c2ccccc2)CCOCC1)C1CCNCC1. The van der Waals surface area contributed by atoms with Crippen LogP contribution in [0.25, 0.3) is 0 Å². The van der Waals surface area contributed by atoms with Gasteiger partial charge in [0.2, 0.25) is 5.91 Å². The Kier molecular flexibility index (Phi) is 6.88. The summed E-state index contributed by atoms with van der Waals surface area (Å²) in [5, 5.41) is 6.55. The van der Waals surface area contributed by atoms with Crippen molar-refractivity contribution < 1.29 is 9.53 Å². The zero-order valence-corrected chi connectivity index (χ0v) is 14.4. The second kappa shape index (κ2) is 8.67. The van der Waals surface area contributed by atoms with Crippen molar-refractivity contribution in [2.45, 2.75) is 31.1 Å². The lowest BCUT2D eigenvalue weighted by atomic mass is 9.74. The van der Waals surface area contributed by atoms with Crippen LogP contribution in [0.1, 0.15) is 31.2 Å². The molecule has 1 aromatic rings. The van der Waals surface area contributed by atoms with E-state index in [-0.39, 0.29) is 29.6 Å². The van der Waals surface area contributed by atoms with Crippen molar-refractivity contribution in [3.8, 4) is 0 Å². The molecule has 0 saturated carbocycles. The molecule has 2 heterocycles. The van der Waals surface area contributed by atoms with Crippen LogP contribution in [0.15, 0.2) is 30.3 Å². The highest BCUT2D eigenvalue weighted by molar-refractivity contribution is 5.85. The van der Waals surface area contributed by atoms with Crippen LogP contribution in [-0.2, 0) is 14.9 Å². The summed E-state index contributed by atoms with van der Waals surface area (Å²) >= 11 is 0. The molecule has 3 rings (SSSR count). The fraction of sp³-hybridized carbons (Fsp3) is 0.611. The molecule has 23 heavy (non-hydrogen) atoms. The number of nitrogens with one attached hydrogen (secondary N) is 2. The van der Waals surface area contributed by atoms with Gasteiger partial charge in [0.05, 0.1) is 0 Å². The maximum absolute atomic E-state index is 12.4. The molecule has 0 atom stereocenters. The van der Waals surface area contributed by atoms with Crippen molar-refractivity contribution >= 4 is 18.3 Å². The Balaban J connectivity index is 0.00000192. The van der Waals surface area contributed by atoms with Crippen molar-refractivity contribution in [2.75, 3.05) is 32.8 Å².